The molecule has 0 saturated carbocycles. The van der Waals surface area contributed by atoms with E-state index in [1.54, 1.807) is 19.1 Å². The van der Waals surface area contributed by atoms with E-state index in [0.29, 0.717) is 22.2 Å². The number of amides is 1. The average Bonchev–Trinajstić information content (AvgIpc) is 2.74. The fourth-order valence-corrected chi connectivity index (χ4v) is 3.12. The molecule has 19 heavy (non-hydrogen) atoms. The molecule has 2 aromatic rings. The maximum Gasteiger partial charge on any atom is 0.261 e. The molecule has 0 aliphatic rings. The molecule has 0 bridgehead atoms. The second-order valence-electron chi connectivity index (χ2n) is 4.43. The molecule has 1 aromatic heterocycles. The molecule has 0 saturated heterocycles. The minimum absolute atomic E-state index is 0.0967. The summed E-state index contributed by atoms with van der Waals surface area (Å²) in [6.07, 6.45) is 0.653. The summed E-state index contributed by atoms with van der Waals surface area (Å²) < 4.78 is 14.5. The first kappa shape index (κ1) is 14.0. The number of hydrogen-bond acceptors (Lipinski definition) is 3. The largest absolute Gasteiger partial charge is 0.394 e. The molecule has 1 atom stereocenters. The zero-order chi connectivity index (χ0) is 14.0. The van der Waals surface area contributed by atoms with E-state index < -0.39 is 0 Å². The van der Waals surface area contributed by atoms with Crippen LogP contribution in [0.3, 0.4) is 0 Å². The van der Waals surface area contributed by atoms with E-state index >= 15 is 0 Å². The number of nitrogens with one attached hydrogen (secondary N) is 1. The van der Waals surface area contributed by atoms with Gasteiger partial charge in [-0.2, -0.15) is 0 Å². The Labute approximate surface area is 115 Å². The average molecular weight is 281 g/mol. The number of hydrogen-bond donors (Lipinski definition) is 2. The van der Waals surface area contributed by atoms with Crippen molar-refractivity contribution in [3.05, 3.63) is 34.5 Å². The van der Waals surface area contributed by atoms with Crippen LogP contribution < -0.4 is 5.32 Å². The van der Waals surface area contributed by atoms with E-state index in [-0.39, 0.29) is 24.4 Å². The van der Waals surface area contributed by atoms with Crippen molar-refractivity contribution < 1.29 is 14.3 Å². The Morgan fingerprint density at radius 3 is 2.84 bits per heavy atom. The van der Waals surface area contributed by atoms with E-state index in [1.165, 1.54) is 17.4 Å². The Kier molecular flexibility index (Phi) is 4.17. The topological polar surface area (TPSA) is 49.3 Å². The summed E-state index contributed by atoms with van der Waals surface area (Å²) in [7, 11) is 0. The molecule has 0 spiro atoms. The lowest BCUT2D eigenvalue weighted by Gasteiger charge is -2.13. The van der Waals surface area contributed by atoms with Crippen molar-refractivity contribution in [3.63, 3.8) is 0 Å². The zero-order valence-electron chi connectivity index (χ0n) is 10.9. The van der Waals surface area contributed by atoms with E-state index in [2.05, 4.69) is 5.32 Å². The highest BCUT2D eigenvalue weighted by atomic mass is 32.1. The van der Waals surface area contributed by atoms with Crippen LogP contribution in [0.2, 0.25) is 0 Å². The summed E-state index contributed by atoms with van der Waals surface area (Å²) in [5.74, 6) is -0.557. The molecule has 0 radical (unpaired) electrons. The number of aliphatic hydroxyl groups excluding tert-OH is 1. The summed E-state index contributed by atoms with van der Waals surface area (Å²) >= 11 is 1.28. The Bertz CT molecular complexity index is 605. The maximum absolute atomic E-state index is 13.8. The fourth-order valence-electron chi connectivity index (χ4n) is 2.00. The third-order valence-corrected chi connectivity index (χ3v) is 4.41. The molecular weight excluding hydrogens is 265 g/mol. The van der Waals surface area contributed by atoms with Crippen molar-refractivity contribution >= 4 is 27.3 Å². The van der Waals surface area contributed by atoms with Crippen LogP contribution in [-0.2, 0) is 0 Å². The van der Waals surface area contributed by atoms with Crippen molar-refractivity contribution in [1.82, 2.24) is 5.32 Å². The quantitative estimate of drug-likeness (QED) is 0.905. The maximum atomic E-state index is 13.8. The van der Waals surface area contributed by atoms with Crippen LogP contribution >= 0.6 is 11.3 Å². The van der Waals surface area contributed by atoms with Crippen LogP contribution in [0.1, 0.15) is 28.6 Å². The molecule has 5 heteroatoms. The molecule has 3 nitrogen and oxygen atoms in total. The third-order valence-electron chi connectivity index (χ3n) is 3.16. The normalized spacial score (nSPS) is 12.6. The van der Waals surface area contributed by atoms with Gasteiger partial charge in [-0.15, -0.1) is 11.3 Å². The van der Waals surface area contributed by atoms with Crippen molar-refractivity contribution in [2.75, 3.05) is 6.61 Å². The summed E-state index contributed by atoms with van der Waals surface area (Å²) in [5, 5.41) is 12.4. The van der Waals surface area contributed by atoms with Crippen molar-refractivity contribution in [2.24, 2.45) is 0 Å². The summed E-state index contributed by atoms with van der Waals surface area (Å²) in [5.41, 5.74) is 0.656. The Balaban J connectivity index is 2.38. The van der Waals surface area contributed by atoms with Gasteiger partial charge in [0.15, 0.2) is 0 Å². The molecule has 1 aromatic carbocycles. The summed E-state index contributed by atoms with van der Waals surface area (Å²) in [6, 6.07) is 4.57. The third kappa shape index (κ3) is 2.62. The molecule has 0 aliphatic carbocycles. The fraction of sp³-hybridized carbons (Fsp3) is 0.357. The molecule has 1 amide bonds. The van der Waals surface area contributed by atoms with Gasteiger partial charge >= 0.3 is 0 Å². The van der Waals surface area contributed by atoms with Gasteiger partial charge < -0.3 is 10.4 Å². The SMILES string of the molecule is CC[C@H](CO)NC(=O)c1sc2cccc(F)c2c1C. The molecule has 2 rings (SSSR count). The van der Waals surface area contributed by atoms with Gasteiger partial charge in [-0.25, -0.2) is 4.39 Å². The first-order valence-electron chi connectivity index (χ1n) is 6.17. The molecule has 0 unspecified atom stereocenters. The number of carbonyl (C=O) groups is 1. The van der Waals surface area contributed by atoms with Crippen LogP contribution in [-0.4, -0.2) is 23.7 Å². The number of aliphatic hydroxyl groups is 1. The second-order valence-corrected chi connectivity index (χ2v) is 5.48. The van der Waals surface area contributed by atoms with Gasteiger partial charge in [0.1, 0.15) is 5.82 Å². The van der Waals surface area contributed by atoms with Gasteiger partial charge in [0, 0.05) is 10.1 Å². The lowest BCUT2D eigenvalue weighted by atomic mass is 10.1. The van der Waals surface area contributed by atoms with Gasteiger partial charge in [-0.05, 0) is 31.0 Å². The monoisotopic (exact) mass is 281 g/mol. The Morgan fingerprint density at radius 1 is 1.53 bits per heavy atom. The van der Waals surface area contributed by atoms with E-state index in [0.717, 1.165) is 4.70 Å². The summed E-state index contributed by atoms with van der Waals surface area (Å²) in [6.45, 7) is 3.54. The minimum Gasteiger partial charge on any atom is -0.394 e. The highest BCUT2D eigenvalue weighted by Crippen LogP contribution is 2.32. The Hall–Kier alpha value is -1.46. The standard InChI is InChI=1S/C14H16FNO2S/c1-3-9(7-17)16-14(18)13-8(2)12-10(15)5-4-6-11(12)19-13/h4-6,9,17H,3,7H2,1-2H3,(H,16,18)/t9-/m1/s1. The molecule has 2 N–H and O–H groups in total. The lowest BCUT2D eigenvalue weighted by Crippen LogP contribution is -2.36. The number of carbonyl (C=O) groups excluding carboxylic acids is 1. The number of benzene rings is 1. The number of fused-ring (bicyclic) bond motifs is 1. The highest BCUT2D eigenvalue weighted by molar-refractivity contribution is 7.21. The van der Waals surface area contributed by atoms with Crippen molar-refractivity contribution in [3.8, 4) is 0 Å². The van der Waals surface area contributed by atoms with Crippen molar-refractivity contribution in [2.45, 2.75) is 26.3 Å². The predicted molar refractivity (Wildman–Crippen MR) is 75.2 cm³/mol. The zero-order valence-corrected chi connectivity index (χ0v) is 11.7. The molecule has 102 valence electrons. The molecule has 0 fully saturated rings. The first-order chi connectivity index (χ1) is 9.08. The number of halogens is 1. The minimum atomic E-state index is -0.306. The number of rotatable bonds is 4. The molecule has 1 heterocycles. The van der Waals surface area contributed by atoms with Gasteiger partial charge in [0.2, 0.25) is 0 Å². The number of aryl methyl sites for hydroxylation is 1. The first-order valence-corrected chi connectivity index (χ1v) is 6.99. The van der Waals surface area contributed by atoms with Gasteiger partial charge in [-0.1, -0.05) is 13.0 Å². The van der Waals surface area contributed by atoms with Gasteiger partial charge in [0.05, 0.1) is 17.5 Å². The predicted octanol–water partition coefficient (Wildman–Crippen LogP) is 2.85. The lowest BCUT2D eigenvalue weighted by molar-refractivity contribution is 0.0918. The summed E-state index contributed by atoms with van der Waals surface area (Å²) in [4.78, 5) is 12.6. The smallest absolute Gasteiger partial charge is 0.261 e. The van der Waals surface area contributed by atoms with Crippen LogP contribution in [0.15, 0.2) is 18.2 Å². The number of thiophene rings is 1. The van der Waals surface area contributed by atoms with Crippen LogP contribution in [0.4, 0.5) is 4.39 Å². The van der Waals surface area contributed by atoms with Crippen LogP contribution in [0.25, 0.3) is 10.1 Å². The highest BCUT2D eigenvalue weighted by Gasteiger charge is 2.19. The van der Waals surface area contributed by atoms with E-state index in [4.69, 9.17) is 5.11 Å². The van der Waals surface area contributed by atoms with E-state index in [1.807, 2.05) is 6.92 Å². The molecular formula is C14H16FNO2S. The van der Waals surface area contributed by atoms with Gasteiger partial charge in [-0.3, -0.25) is 4.79 Å². The van der Waals surface area contributed by atoms with Crippen LogP contribution in [0.5, 0.6) is 0 Å². The van der Waals surface area contributed by atoms with Crippen molar-refractivity contribution in [1.29, 1.82) is 0 Å². The van der Waals surface area contributed by atoms with E-state index in [9.17, 15) is 9.18 Å². The van der Waals surface area contributed by atoms with Crippen LogP contribution in [0, 0.1) is 12.7 Å². The molecule has 0 aliphatic heterocycles. The second kappa shape index (κ2) is 5.67. The Morgan fingerprint density at radius 2 is 2.26 bits per heavy atom. The van der Waals surface area contributed by atoms with Gasteiger partial charge in [0.25, 0.3) is 5.91 Å².